The molecule has 0 spiro atoms. The maximum atomic E-state index is 13.7. The summed E-state index contributed by atoms with van der Waals surface area (Å²) in [5.41, 5.74) is 10.6. The Morgan fingerprint density at radius 1 is 0.792 bits per heavy atom. The standard InChI is InChI=1S/C56H61N11O5/c1-61-43(31-46-44(17-23-57-53(46)61)40-13-14-47-41(30-40)32-59-67(47)51-8-3-4-29-72-51)35-63-24-21-38(22-25-63)37-9-11-39(12-10-37)55(70)64-26-18-36(19-27-64)20-28-65-34-42(33-58-65)45-6-5-7-48-52(45)62(2)56(71)66(48)49-15-16-50(68)60-54(49)69/h5-7,9-14,17,23,30-34,36,38,49,51H,3-4,8,15-16,18-22,24-29,35H2,1-2H3,(H,60,68,69). The molecule has 0 radical (unpaired) electrons. The van der Waals surface area contributed by atoms with E-state index >= 15 is 0 Å². The summed E-state index contributed by atoms with van der Waals surface area (Å²) in [7, 11) is 3.85. The lowest BCUT2D eigenvalue weighted by atomic mass is 9.88. The molecule has 1 N–H and O–H groups in total. The van der Waals surface area contributed by atoms with Crippen molar-refractivity contribution >= 4 is 50.7 Å². The molecule has 4 fully saturated rings. The minimum Gasteiger partial charge on any atom is -0.356 e. The first-order chi connectivity index (χ1) is 35.1. The van der Waals surface area contributed by atoms with Gasteiger partial charge < -0.3 is 14.2 Å². The molecule has 72 heavy (non-hydrogen) atoms. The molecule has 16 nitrogen and oxygen atoms in total. The van der Waals surface area contributed by atoms with E-state index in [2.05, 4.69) is 69.4 Å². The maximum absolute atomic E-state index is 13.7. The molecule has 4 aliphatic heterocycles. The van der Waals surface area contributed by atoms with Gasteiger partial charge in [-0.05, 0) is 142 Å². The van der Waals surface area contributed by atoms with Crippen LogP contribution in [0.25, 0.3) is 55.2 Å². The highest BCUT2D eigenvalue weighted by atomic mass is 16.5. The van der Waals surface area contributed by atoms with E-state index in [1.165, 1.54) is 27.8 Å². The highest BCUT2D eigenvalue weighted by Crippen LogP contribution is 2.36. The molecule has 3 aromatic carbocycles. The van der Waals surface area contributed by atoms with Gasteiger partial charge in [0.05, 0.1) is 28.9 Å². The smallest absolute Gasteiger partial charge is 0.329 e. The number of nitrogens with one attached hydrogen (secondary N) is 1. The fourth-order valence-electron chi connectivity index (χ4n) is 12.0. The number of aromatic nitrogens is 8. The summed E-state index contributed by atoms with van der Waals surface area (Å²) in [5.74, 6) is 0.289. The number of rotatable bonds is 11. The normalized spacial score (nSPS) is 19.8. The first-order valence-electron chi connectivity index (χ1n) is 25.9. The molecule has 12 rings (SSSR count). The summed E-state index contributed by atoms with van der Waals surface area (Å²) in [6.07, 6.45) is 16.5. The molecule has 2 unspecified atom stereocenters. The van der Waals surface area contributed by atoms with E-state index in [1.807, 2.05) is 69.4 Å². The molecular formula is C56H61N11O5. The summed E-state index contributed by atoms with van der Waals surface area (Å²) in [6.45, 7) is 5.90. The fraction of sp³-hybridized carbons (Fsp3) is 0.411. The minimum absolute atomic E-state index is 0.00892. The van der Waals surface area contributed by atoms with Crippen LogP contribution in [0.15, 0.2) is 102 Å². The molecule has 0 aliphatic carbocycles. The molecule has 9 heterocycles. The predicted octanol–water partition coefficient (Wildman–Crippen LogP) is 8.11. The number of aryl methyl sites for hydroxylation is 3. The van der Waals surface area contributed by atoms with Gasteiger partial charge >= 0.3 is 5.69 Å². The van der Waals surface area contributed by atoms with E-state index in [9.17, 15) is 19.2 Å². The Bertz CT molecular complexity index is 3410. The quantitative estimate of drug-likeness (QED) is 0.126. The zero-order chi connectivity index (χ0) is 49.0. The Labute approximate surface area is 417 Å². The molecule has 370 valence electrons. The largest absolute Gasteiger partial charge is 0.356 e. The van der Waals surface area contributed by atoms with Gasteiger partial charge in [-0.1, -0.05) is 30.3 Å². The molecule has 0 saturated carbocycles. The number of hydrogen-bond donors (Lipinski definition) is 1. The van der Waals surface area contributed by atoms with Crippen molar-refractivity contribution in [1.82, 2.24) is 53.4 Å². The van der Waals surface area contributed by atoms with E-state index in [0.29, 0.717) is 17.4 Å². The van der Waals surface area contributed by atoms with Crippen molar-refractivity contribution in [2.45, 2.75) is 95.5 Å². The van der Waals surface area contributed by atoms with Gasteiger partial charge in [-0.3, -0.25) is 38.4 Å². The van der Waals surface area contributed by atoms with Crippen molar-refractivity contribution in [1.29, 1.82) is 0 Å². The third-order valence-electron chi connectivity index (χ3n) is 16.2. The summed E-state index contributed by atoms with van der Waals surface area (Å²) >= 11 is 0. The third kappa shape index (κ3) is 8.53. The average Bonchev–Trinajstić information content (AvgIpc) is 4.20. The van der Waals surface area contributed by atoms with E-state index in [1.54, 1.807) is 11.6 Å². The van der Waals surface area contributed by atoms with Crippen LogP contribution in [0, 0.1) is 5.92 Å². The number of ether oxygens (including phenoxy) is 1. The number of hydrogen-bond acceptors (Lipinski definition) is 9. The van der Waals surface area contributed by atoms with Crippen molar-refractivity contribution in [2.24, 2.45) is 20.0 Å². The monoisotopic (exact) mass is 967 g/mol. The van der Waals surface area contributed by atoms with Crippen LogP contribution in [0.2, 0.25) is 0 Å². The number of amides is 3. The maximum Gasteiger partial charge on any atom is 0.329 e. The number of imide groups is 1. The molecule has 5 aromatic heterocycles. The van der Waals surface area contributed by atoms with Gasteiger partial charge in [0.1, 0.15) is 11.7 Å². The number of carbonyl (C=O) groups excluding carboxylic acids is 3. The second-order valence-electron chi connectivity index (χ2n) is 20.5. The second-order valence-corrected chi connectivity index (χ2v) is 20.5. The lowest BCUT2D eigenvalue weighted by molar-refractivity contribution is -0.135. The van der Waals surface area contributed by atoms with Crippen molar-refractivity contribution in [3.05, 3.63) is 125 Å². The predicted molar refractivity (Wildman–Crippen MR) is 275 cm³/mol. The van der Waals surface area contributed by atoms with Gasteiger partial charge in [0.15, 0.2) is 6.23 Å². The van der Waals surface area contributed by atoms with Crippen molar-refractivity contribution in [3.8, 4) is 22.3 Å². The molecule has 2 atom stereocenters. The van der Waals surface area contributed by atoms with Crippen LogP contribution in [0.1, 0.15) is 104 Å². The minimum atomic E-state index is -0.740. The SMILES string of the molecule is Cn1c(CN2CCC(c3ccc(C(=O)N4CCC(CCn5cc(-c6cccc7c6n(C)c(=O)n7C6CCC(=O)NC6=O)cn5)CC4)cc3)CC2)cc2c(-c3ccc4c(cnn4C4CCCCO4)c3)ccnc21. The average molecular weight is 968 g/mol. The Hall–Kier alpha value is -7.17. The van der Waals surface area contributed by atoms with E-state index in [0.717, 1.165) is 141 Å². The van der Waals surface area contributed by atoms with Crippen LogP contribution >= 0.6 is 0 Å². The number of piperidine rings is 3. The van der Waals surface area contributed by atoms with Gasteiger partial charge in [-0.2, -0.15) is 10.2 Å². The Balaban J connectivity index is 0.623. The Kier molecular flexibility index (Phi) is 12.2. The topological polar surface area (TPSA) is 159 Å². The number of benzene rings is 3. The number of para-hydroxylation sites is 1. The fourth-order valence-corrected chi connectivity index (χ4v) is 12.0. The molecule has 16 heteroatoms. The van der Waals surface area contributed by atoms with Gasteiger partial charge in [-0.25, -0.2) is 14.5 Å². The number of likely N-dealkylation sites (tertiary alicyclic amines) is 2. The highest BCUT2D eigenvalue weighted by molar-refractivity contribution is 6.01. The summed E-state index contributed by atoms with van der Waals surface area (Å²) in [6, 6.07) is 24.5. The first kappa shape index (κ1) is 45.9. The van der Waals surface area contributed by atoms with E-state index in [4.69, 9.17) is 14.8 Å². The summed E-state index contributed by atoms with van der Waals surface area (Å²) in [5, 5.41) is 14.1. The molecule has 8 aromatic rings. The van der Waals surface area contributed by atoms with Crippen LogP contribution in [-0.2, 0) is 41.5 Å². The second kappa shape index (κ2) is 19.1. The lowest BCUT2D eigenvalue weighted by Gasteiger charge is -2.33. The molecule has 0 bridgehead atoms. The summed E-state index contributed by atoms with van der Waals surface area (Å²) < 4.78 is 15.4. The Morgan fingerprint density at radius 2 is 1.62 bits per heavy atom. The van der Waals surface area contributed by atoms with Crippen LogP contribution in [0.4, 0.5) is 0 Å². The highest BCUT2D eigenvalue weighted by Gasteiger charge is 2.32. The van der Waals surface area contributed by atoms with Crippen LogP contribution in [0.5, 0.6) is 0 Å². The molecule has 3 amide bonds. The number of fused-ring (bicyclic) bond motifs is 3. The lowest BCUT2D eigenvalue weighted by Crippen LogP contribution is -2.44. The molecule has 4 aliphatic rings. The van der Waals surface area contributed by atoms with Crippen molar-refractivity contribution in [2.75, 3.05) is 32.8 Å². The van der Waals surface area contributed by atoms with Crippen molar-refractivity contribution in [3.63, 3.8) is 0 Å². The first-order valence-corrected chi connectivity index (χ1v) is 25.9. The zero-order valence-corrected chi connectivity index (χ0v) is 41.1. The third-order valence-corrected chi connectivity index (χ3v) is 16.2. The summed E-state index contributed by atoms with van der Waals surface area (Å²) in [4.78, 5) is 61.1. The van der Waals surface area contributed by atoms with Gasteiger partial charge in [0.2, 0.25) is 11.8 Å². The van der Waals surface area contributed by atoms with Gasteiger partial charge in [0.25, 0.3) is 5.91 Å². The number of nitrogens with zero attached hydrogens (tertiary/aromatic N) is 10. The number of carbonyl (C=O) groups is 3. The van der Waals surface area contributed by atoms with Crippen molar-refractivity contribution < 1.29 is 19.1 Å². The zero-order valence-electron chi connectivity index (χ0n) is 41.1. The molecule has 4 saturated heterocycles. The molecular weight excluding hydrogens is 907 g/mol. The number of pyridine rings is 1. The van der Waals surface area contributed by atoms with E-state index < -0.39 is 11.9 Å². The van der Waals surface area contributed by atoms with Gasteiger partial charge in [0, 0.05) is 98.9 Å². The Morgan fingerprint density at radius 3 is 2.42 bits per heavy atom. The van der Waals surface area contributed by atoms with Crippen LogP contribution < -0.4 is 11.0 Å². The number of imidazole rings is 1. The van der Waals surface area contributed by atoms with Crippen LogP contribution in [0.3, 0.4) is 0 Å². The van der Waals surface area contributed by atoms with E-state index in [-0.39, 0.29) is 36.6 Å². The van der Waals surface area contributed by atoms with Crippen LogP contribution in [-0.4, -0.2) is 98.6 Å². The van der Waals surface area contributed by atoms with Gasteiger partial charge in [-0.15, -0.1) is 0 Å².